The van der Waals surface area contributed by atoms with Crippen LogP contribution in [0.1, 0.15) is 19.3 Å². The molecule has 0 aliphatic heterocycles. The van der Waals surface area contributed by atoms with Crippen LogP contribution in [0, 0.1) is 5.41 Å². The van der Waals surface area contributed by atoms with Crippen LogP contribution in [0.25, 0.3) is 22.1 Å². The molecule has 24 heavy (non-hydrogen) atoms. The van der Waals surface area contributed by atoms with E-state index in [-0.39, 0.29) is 16.7 Å². The molecule has 6 rings (SSSR count). The van der Waals surface area contributed by atoms with Gasteiger partial charge in [-0.2, -0.15) is 0 Å². The van der Waals surface area contributed by atoms with Crippen molar-refractivity contribution in [1.29, 1.82) is 0 Å². The largest absolute Gasteiger partial charge is 0.346 e. The first-order valence-corrected chi connectivity index (χ1v) is 9.65. The molecule has 0 unspecified atom stereocenters. The van der Waals surface area contributed by atoms with Crippen LogP contribution in [0.4, 0.5) is 0 Å². The van der Waals surface area contributed by atoms with Gasteiger partial charge in [-0.1, -0.05) is 0 Å². The number of H-pyrrole nitrogens is 1. The van der Waals surface area contributed by atoms with Gasteiger partial charge in [-0.05, 0) is 30.7 Å². The summed E-state index contributed by atoms with van der Waals surface area (Å²) in [7, 11) is 0.0643. The molecule has 8 heteroatoms. The highest BCUT2D eigenvalue weighted by atomic mass is 32.2. The molecule has 0 saturated heterocycles. The van der Waals surface area contributed by atoms with E-state index in [1.165, 1.54) is 4.31 Å². The van der Waals surface area contributed by atoms with E-state index in [2.05, 4.69) is 19.5 Å². The molecule has 7 nitrogen and oxygen atoms in total. The molecule has 3 fully saturated rings. The van der Waals surface area contributed by atoms with Gasteiger partial charge in [0.2, 0.25) is 10.0 Å². The van der Waals surface area contributed by atoms with E-state index in [0.29, 0.717) is 0 Å². The Kier molecular flexibility index (Phi) is 2.51. The normalized spacial score (nSPS) is 29.1. The maximum absolute atomic E-state index is 12.2. The van der Waals surface area contributed by atoms with E-state index in [4.69, 9.17) is 0 Å². The van der Waals surface area contributed by atoms with Crippen molar-refractivity contribution in [3.63, 3.8) is 0 Å². The first kappa shape index (κ1) is 14.4. The van der Waals surface area contributed by atoms with Crippen LogP contribution in [0.5, 0.6) is 0 Å². The molecule has 1 N–H and O–H groups in total. The van der Waals surface area contributed by atoms with Gasteiger partial charge in [-0.25, -0.2) is 22.7 Å². The Bertz CT molecular complexity index is 1060. The third-order valence-electron chi connectivity index (χ3n) is 5.76. The van der Waals surface area contributed by atoms with Gasteiger partial charge in [0, 0.05) is 31.2 Å². The number of nitrogens with zero attached hydrogens (tertiary/aromatic N) is 4. The monoisotopic (exact) mass is 345 g/mol. The Hall–Kier alpha value is -1.93. The van der Waals surface area contributed by atoms with Crippen molar-refractivity contribution in [3.05, 3.63) is 24.8 Å². The second kappa shape index (κ2) is 4.18. The van der Waals surface area contributed by atoms with Crippen LogP contribution >= 0.6 is 0 Å². The van der Waals surface area contributed by atoms with Gasteiger partial charge in [0.15, 0.2) is 0 Å². The highest BCUT2D eigenvalue weighted by molar-refractivity contribution is 7.89. The molecule has 0 aromatic carbocycles. The van der Waals surface area contributed by atoms with E-state index >= 15 is 0 Å². The summed E-state index contributed by atoms with van der Waals surface area (Å²) < 4.78 is 28.0. The smallest absolute Gasteiger partial charge is 0.214 e. The van der Waals surface area contributed by atoms with Crippen molar-refractivity contribution in [3.8, 4) is 0 Å². The van der Waals surface area contributed by atoms with Gasteiger partial charge in [0.1, 0.15) is 11.2 Å². The van der Waals surface area contributed by atoms with Gasteiger partial charge in [-0.3, -0.25) is 0 Å². The van der Waals surface area contributed by atoms with E-state index < -0.39 is 10.0 Å². The van der Waals surface area contributed by atoms with Crippen LogP contribution in [-0.2, 0) is 15.6 Å². The van der Waals surface area contributed by atoms with Crippen molar-refractivity contribution in [2.45, 2.75) is 24.8 Å². The Balaban J connectivity index is 1.51. The van der Waals surface area contributed by atoms with E-state index in [0.717, 1.165) is 41.3 Å². The highest BCUT2D eigenvalue weighted by Gasteiger charge is 2.70. The second-order valence-electron chi connectivity index (χ2n) is 7.64. The van der Waals surface area contributed by atoms with Gasteiger partial charge in [0.25, 0.3) is 0 Å². The number of hydrogen-bond donors (Lipinski definition) is 1. The topological polar surface area (TPSA) is 83.9 Å². The average Bonchev–Trinajstić information content (AvgIpc) is 3.06. The second-order valence-corrected chi connectivity index (χ2v) is 9.82. The maximum Gasteiger partial charge on any atom is 0.214 e. The predicted octanol–water partition coefficient (Wildman–Crippen LogP) is 1.68. The number of rotatable bonds is 4. The number of hydrogen-bond acceptors (Lipinski definition) is 4. The summed E-state index contributed by atoms with van der Waals surface area (Å²) in [5.74, 6) is 0.252. The summed E-state index contributed by atoms with van der Waals surface area (Å²) in [4.78, 5) is 12.0. The number of aromatic amines is 1. The molecule has 0 amide bonds. The molecular weight excluding hydrogens is 326 g/mol. The molecule has 3 aliphatic carbocycles. The Morgan fingerprint density at radius 1 is 1.29 bits per heavy atom. The van der Waals surface area contributed by atoms with Crippen LogP contribution in [0.2, 0.25) is 0 Å². The number of nitrogens with one attached hydrogen (secondary N) is 1. The lowest BCUT2D eigenvalue weighted by atomic mass is 9.40. The predicted molar refractivity (Wildman–Crippen MR) is 91.1 cm³/mol. The quantitative estimate of drug-likeness (QED) is 0.780. The lowest BCUT2D eigenvalue weighted by Gasteiger charge is -2.71. The number of sulfonamides is 1. The first-order chi connectivity index (χ1) is 11.3. The van der Waals surface area contributed by atoms with Crippen LogP contribution in [-0.4, -0.2) is 52.1 Å². The minimum absolute atomic E-state index is 0.0299. The molecular formula is C16H19N5O2S. The fraction of sp³-hybridized carbons (Fsp3) is 0.500. The van der Waals surface area contributed by atoms with Crippen molar-refractivity contribution in [2.75, 3.05) is 19.8 Å². The fourth-order valence-corrected chi connectivity index (χ4v) is 6.07. The number of imidazole rings is 1. The number of fused-ring (bicyclic) bond motifs is 3. The van der Waals surface area contributed by atoms with Gasteiger partial charge in [-0.15, -0.1) is 0 Å². The summed E-state index contributed by atoms with van der Waals surface area (Å²) in [6.07, 6.45) is 8.30. The Morgan fingerprint density at radius 2 is 2.04 bits per heavy atom. The molecule has 3 aromatic heterocycles. The summed E-state index contributed by atoms with van der Waals surface area (Å²) in [6, 6.07) is 2.03. The molecule has 0 radical (unpaired) electrons. The van der Waals surface area contributed by atoms with Gasteiger partial charge >= 0.3 is 0 Å². The molecule has 0 spiro atoms. The zero-order valence-electron chi connectivity index (χ0n) is 13.7. The minimum Gasteiger partial charge on any atom is -0.346 e. The zero-order valence-corrected chi connectivity index (χ0v) is 14.5. The Labute approximate surface area is 139 Å². The summed E-state index contributed by atoms with van der Waals surface area (Å²) >= 11 is 0. The molecule has 2 bridgehead atoms. The summed E-state index contributed by atoms with van der Waals surface area (Å²) in [5, 5.41) is 1.07. The molecule has 0 atom stereocenters. The Morgan fingerprint density at radius 3 is 2.75 bits per heavy atom. The van der Waals surface area contributed by atoms with Crippen LogP contribution < -0.4 is 0 Å². The minimum atomic E-state index is -3.15. The van der Waals surface area contributed by atoms with Crippen molar-refractivity contribution < 1.29 is 8.42 Å². The average molecular weight is 345 g/mol. The van der Waals surface area contributed by atoms with Gasteiger partial charge < -0.3 is 9.55 Å². The fourth-order valence-electron chi connectivity index (χ4n) is 4.73. The number of pyridine rings is 1. The SMILES string of the molecule is CN(C)S(=O)(=O)CC12CC(n3cnc4cnc5[nH]ccc5c43)(C1)C2. The summed E-state index contributed by atoms with van der Waals surface area (Å²) in [5.41, 5.74) is 2.83. The van der Waals surface area contributed by atoms with Gasteiger partial charge in [0.05, 0.1) is 23.8 Å². The van der Waals surface area contributed by atoms with Crippen LogP contribution in [0.3, 0.4) is 0 Å². The van der Waals surface area contributed by atoms with Crippen molar-refractivity contribution in [2.24, 2.45) is 5.41 Å². The lowest BCUT2D eigenvalue weighted by molar-refractivity contribution is -0.168. The molecule has 3 aromatic rings. The first-order valence-electron chi connectivity index (χ1n) is 8.04. The standard InChI is InChI=1S/C16H19N5O2S/c1-20(2)24(22,23)9-15-6-16(7-15,8-15)21-10-19-12-5-18-14-11(13(12)21)3-4-17-14/h3-5,10H,6-9H2,1-2H3,(H,17,18). The third-order valence-corrected chi connectivity index (χ3v) is 7.85. The molecule has 3 aliphatic rings. The van der Waals surface area contributed by atoms with E-state index in [1.807, 2.05) is 18.6 Å². The van der Waals surface area contributed by atoms with Crippen molar-refractivity contribution >= 4 is 32.1 Å². The summed E-state index contributed by atoms with van der Waals surface area (Å²) in [6.45, 7) is 0. The molecule has 126 valence electrons. The highest BCUT2D eigenvalue weighted by Crippen LogP contribution is 2.72. The number of aromatic nitrogens is 4. The molecule has 3 heterocycles. The third kappa shape index (κ3) is 1.67. The van der Waals surface area contributed by atoms with E-state index in [9.17, 15) is 8.42 Å². The van der Waals surface area contributed by atoms with Crippen LogP contribution in [0.15, 0.2) is 24.8 Å². The zero-order chi connectivity index (χ0) is 16.7. The van der Waals surface area contributed by atoms with E-state index in [1.54, 1.807) is 20.3 Å². The lowest BCUT2D eigenvalue weighted by Crippen LogP contribution is -2.69. The maximum atomic E-state index is 12.2. The van der Waals surface area contributed by atoms with Crippen molar-refractivity contribution in [1.82, 2.24) is 23.8 Å². The molecule has 3 saturated carbocycles.